The van der Waals surface area contributed by atoms with E-state index in [1.54, 1.807) is 33.1 Å². The Morgan fingerprint density at radius 1 is 1.24 bits per heavy atom. The maximum Gasteiger partial charge on any atom is 0.250 e. The van der Waals surface area contributed by atoms with E-state index in [2.05, 4.69) is 9.88 Å². The first-order valence-corrected chi connectivity index (χ1v) is 9.86. The minimum atomic E-state index is -3.60. The molecule has 2 heterocycles. The van der Waals surface area contributed by atoms with Gasteiger partial charge in [0.05, 0.1) is 12.8 Å². The molecule has 1 N–H and O–H groups in total. The topological polar surface area (TPSA) is 81.4 Å². The van der Waals surface area contributed by atoms with Gasteiger partial charge < -0.3 is 9.26 Å². The quantitative estimate of drug-likeness (QED) is 0.710. The second kappa shape index (κ2) is 6.99. The van der Waals surface area contributed by atoms with E-state index < -0.39 is 10.0 Å². The van der Waals surface area contributed by atoms with Crippen molar-refractivity contribution in [2.45, 2.75) is 24.6 Å². The van der Waals surface area contributed by atoms with Crippen LogP contribution >= 0.6 is 11.3 Å². The predicted octanol–water partition coefficient (Wildman–Crippen LogP) is 3.51. The molecule has 0 saturated carbocycles. The molecule has 0 saturated heterocycles. The Labute approximate surface area is 150 Å². The maximum absolute atomic E-state index is 12.5. The van der Waals surface area contributed by atoms with E-state index in [4.69, 9.17) is 9.26 Å². The molecule has 0 unspecified atom stereocenters. The van der Waals surface area contributed by atoms with Crippen LogP contribution in [0, 0.1) is 13.8 Å². The van der Waals surface area contributed by atoms with Crippen LogP contribution < -0.4 is 9.46 Å². The summed E-state index contributed by atoms with van der Waals surface area (Å²) in [7, 11) is -2.01. The van der Waals surface area contributed by atoms with Gasteiger partial charge in [0, 0.05) is 17.0 Å². The van der Waals surface area contributed by atoms with Gasteiger partial charge >= 0.3 is 0 Å². The number of sulfonamides is 1. The summed E-state index contributed by atoms with van der Waals surface area (Å²) in [6.45, 7) is 3.69. The molecule has 2 aromatic heterocycles. The van der Waals surface area contributed by atoms with Crippen LogP contribution in [-0.2, 0) is 16.6 Å². The fourth-order valence-electron chi connectivity index (χ4n) is 2.39. The van der Waals surface area contributed by atoms with E-state index in [0.29, 0.717) is 11.5 Å². The van der Waals surface area contributed by atoms with E-state index in [1.807, 2.05) is 24.3 Å². The second-order valence-electron chi connectivity index (χ2n) is 5.48. The van der Waals surface area contributed by atoms with Gasteiger partial charge in [0.15, 0.2) is 0 Å². The van der Waals surface area contributed by atoms with Crippen LogP contribution in [0.5, 0.6) is 5.75 Å². The third kappa shape index (κ3) is 3.76. The average molecular weight is 378 g/mol. The Hall–Kier alpha value is -2.16. The molecule has 6 nitrogen and oxygen atoms in total. The van der Waals surface area contributed by atoms with Crippen LogP contribution in [0.25, 0.3) is 10.4 Å². The van der Waals surface area contributed by atoms with E-state index in [1.165, 1.54) is 11.3 Å². The summed E-state index contributed by atoms with van der Waals surface area (Å²) in [5.41, 5.74) is 2.35. The Morgan fingerprint density at radius 2 is 2.04 bits per heavy atom. The summed E-state index contributed by atoms with van der Waals surface area (Å²) < 4.78 is 38.2. The van der Waals surface area contributed by atoms with Crippen molar-refractivity contribution in [2.24, 2.45) is 0 Å². The molecule has 25 heavy (non-hydrogen) atoms. The fourth-order valence-corrected chi connectivity index (χ4v) is 4.73. The molecule has 0 fully saturated rings. The lowest BCUT2D eigenvalue weighted by Gasteiger charge is -2.04. The summed E-state index contributed by atoms with van der Waals surface area (Å²) in [5, 5.41) is 3.83. The van der Waals surface area contributed by atoms with Gasteiger partial charge in [0.1, 0.15) is 15.7 Å². The zero-order chi connectivity index (χ0) is 18.0. The van der Waals surface area contributed by atoms with Crippen LogP contribution in [0.1, 0.15) is 17.0 Å². The smallest absolute Gasteiger partial charge is 0.250 e. The lowest BCUT2D eigenvalue weighted by Crippen LogP contribution is -2.22. The molecule has 0 amide bonds. The van der Waals surface area contributed by atoms with Crippen LogP contribution in [-0.4, -0.2) is 20.7 Å². The number of benzene rings is 1. The highest BCUT2D eigenvalue weighted by Gasteiger charge is 2.19. The number of hydrogen-bond donors (Lipinski definition) is 1. The standard InChI is InChI=1S/C17H18N2O4S2/c1-11-15(12(2)23-19-11)10-18-25(20,21)17-8-7-16(24-17)13-5-4-6-14(9-13)22-3/h4-9,18H,10H2,1-3H3. The molecule has 132 valence electrons. The first-order chi connectivity index (χ1) is 11.9. The number of aryl methyl sites for hydroxylation is 2. The highest BCUT2D eigenvalue weighted by Crippen LogP contribution is 2.32. The van der Waals surface area contributed by atoms with Crippen molar-refractivity contribution in [2.75, 3.05) is 7.11 Å². The maximum atomic E-state index is 12.5. The van der Waals surface area contributed by atoms with Crippen LogP contribution in [0.3, 0.4) is 0 Å². The third-order valence-corrected chi connectivity index (χ3v) is 6.85. The normalized spacial score (nSPS) is 11.6. The molecule has 0 aliphatic rings. The van der Waals surface area contributed by atoms with Crippen molar-refractivity contribution in [3.63, 3.8) is 0 Å². The minimum Gasteiger partial charge on any atom is -0.497 e. The Balaban J connectivity index is 1.80. The van der Waals surface area contributed by atoms with Gasteiger partial charge in [-0.05, 0) is 43.7 Å². The van der Waals surface area contributed by atoms with E-state index in [9.17, 15) is 8.42 Å². The van der Waals surface area contributed by atoms with Crippen molar-refractivity contribution < 1.29 is 17.7 Å². The number of methoxy groups -OCH3 is 1. The second-order valence-corrected chi connectivity index (χ2v) is 8.56. The highest BCUT2D eigenvalue weighted by molar-refractivity contribution is 7.91. The molecule has 0 spiro atoms. The minimum absolute atomic E-state index is 0.149. The van der Waals surface area contributed by atoms with E-state index in [-0.39, 0.29) is 10.8 Å². The Kier molecular flexibility index (Phi) is 4.94. The first-order valence-electron chi connectivity index (χ1n) is 7.56. The molecule has 0 aliphatic carbocycles. The molecule has 1 aromatic carbocycles. The van der Waals surface area contributed by atoms with Gasteiger partial charge in [-0.1, -0.05) is 17.3 Å². The van der Waals surface area contributed by atoms with Crippen molar-refractivity contribution in [1.29, 1.82) is 0 Å². The summed E-state index contributed by atoms with van der Waals surface area (Å²) in [5.74, 6) is 1.34. The van der Waals surface area contributed by atoms with Gasteiger partial charge in [-0.15, -0.1) is 11.3 Å². The molecular weight excluding hydrogens is 360 g/mol. The largest absolute Gasteiger partial charge is 0.497 e. The average Bonchev–Trinajstić information content (AvgIpc) is 3.21. The zero-order valence-corrected chi connectivity index (χ0v) is 15.7. The van der Waals surface area contributed by atoms with Gasteiger partial charge in [-0.25, -0.2) is 13.1 Å². The number of nitrogens with one attached hydrogen (secondary N) is 1. The number of rotatable bonds is 6. The molecule has 0 bridgehead atoms. The van der Waals surface area contributed by atoms with Crippen molar-refractivity contribution in [3.8, 4) is 16.2 Å². The fraction of sp³-hybridized carbons (Fsp3) is 0.235. The van der Waals surface area contributed by atoms with Gasteiger partial charge in [0.25, 0.3) is 0 Å². The van der Waals surface area contributed by atoms with Crippen LogP contribution in [0.2, 0.25) is 0 Å². The third-order valence-electron chi connectivity index (χ3n) is 3.82. The van der Waals surface area contributed by atoms with Crippen LogP contribution in [0.15, 0.2) is 45.1 Å². The van der Waals surface area contributed by atoms with Crippen molar-refractivity contribution >= 4 is 21.4 Å². The van der Waals surface area contributed by atoms with Gasteiger partial charge in [-0.3, -0.25) is 0 Å². The number of aromatic nitrogens is 1. The number of hydrogen-bond acceptors (Lipinski definition) is 6. The summed E-state index contributed by atoms with van der Waals surface area (Å²) in [6, 6.07) is 10.9. The summed E-state index contributed by atoms with van der Waals surface area (Å²) in [6.07, 6.45) is 0. The molecular formula is C17H18N2O4S2. The first kappa shape index (κ1) is 17.7. The molecule has 3 aromatic rings. The zero-order valence-electron chi connectivity index (χ0n) is 14.1. The van der Waals surface area contributed by atoms with Crippen LogP contribution in [0.4, 0.5) is 0 Å². The molecule has 0 radical (unpaired) electrons. The molecule has 0 atom stereocenters. The Morgan fingerprint density at radius 3 is 2.72 bits per heavy atom. The summed E-state index contributed by atoms with van der Waals surface area (Å²) >= 11 is 1.21. The SMILES string of the molecule is COc1cccc(-c2ccc(S(=O)(=O)NCc3c(C)noc3C)s2)c1. The van der Waals surface area contributed by atoms with Crippen molar-refractivity contribution in [1.82, 2.24) is 9.88 Å². The Bertz CT molecular complexity index is 970. The predicted molar refractivity (Wildman–Crippen MR) is 96.3 cm³/mol. The lowest BCUT2D eigenvalue weighted by atomic mass is 10.2. The number of ether oxygens (including phenoxy) is 1. The van der Waals surface area contributed by atoms with Crippen molar-refractivity contribution in [3.05, 3.63) is 53.4 Å². The molecule has 0 aliphatic heterocycles. The molecule has 3 rings (SSSR count). The monoisotopic (exact) mass is 378 g/mol. The number of nitrogens with zero attached hydrogens (tertiary/aromatic N) is 1. The molecule has 8 heteroatoms. The van der Waals surface area contributed by atoms with Gasteiger partial charge in [-0.2, -0.15) is 0 Å². The summed E-state index contributed by atoms with van der Waals surface area (Å²) in [4.78, 5) is 0.858. The van der Waals surface area contributed by atoms with E-state index >= 15 is 0 Å². The highest BCUT2D eigenvalue weighted by atomic mass is 32.2. The lowest BCUT2D eigenvalue weighted by molar-refractivity contribution is 0.392. The van der Waals surface area contributed by atoms with Gasteiger partial charge in [0.2, 0.25) is 10.0 Å². The number of thiophene rings is 1. The van der Waals surface area contributed by atoms with E-state index in [0.717, 1.165) is 21.8 Å².